The van der Waals surface area contributed by atoms with E-state index in [9.17, 15) is 4.79 Å². The lowest BCUT2D eigenvalue weighted by atomic mass is 9.97. The highest BCUT2D eigenvalue weighted by Crippen LogP contribution is 2.29. The van der Waals surface area contributed by atoms with Gasteiger partial charge in [0.15, 0.2) is 5.82 Å². The molecular weight excluding hydrogens is 298 g/mol. The van der Waals surface area contributed by atoms with Gasteiger partial charge in [0.1, 0.15) is 0 Å². The number of likely N-dealkylation sites (tertiary alicyclic amines) is 1. The van der Waals surface area contributed by atoms with Crippen molar-refractivity contribution in [3.63, 3.8) is 0 Å². The minimum Gasteiger partial charge on any atom is -0.384 e. The number of rotatable bonds is 5. The summed E-state index contributed by atoms with van der Waals surface area (Å²) in [5, 5.41) is 4.17. The van der Waals surface area contributed by atoms with Gasteiger partial charge in [-0.3, -0.25) is 4.79 Å². The highest BCUT2D eigenvalue weighted by Gasteiger charge is 2.29. The molecule has 1 aromatic rings. The molecule has 1 unspecified atom stereocenters. The summed E-state index contributed by atoms with van der Waals surface area (Å²) in [6.07, 6.45) is 4.29. The predicted octanol–water partition coefficient (Wildman–Crippen LogP) is 1.71. The molecule has 128 valence electrons. The summed E-state index contributed by atoms with van der Waals surface area (Å²) in [5.74, 6) is 2.10. The minimum absolute atomic E-state index is 0.140. The zero-order valence-electron chi connectivity index (χ0n) is 13.7. The SMILES string of the molecule is COCCC(=O)N1CCCC(c2nc(C3CCOCC3)no2)C1. The first-order chi connectivity index (χ1) is 11.3. The molecule has 23 heavy (non-hydrogen) atoms. The van der Waals surface area contributed by atoms with Crippen molar-refractivity contribution >= 4 is 5.91 Å². The Kier molecular flexibility index (Phi) is 5.61. The molecular formula is C16H25N3O4. The monoisotopic (exact) mass is 323 g/mol. The Hall–Kier alpha value is -1.47. The average molecular weight is 323 g/mol. The van der Waals surface area contributed by atoms with E-state index in [1.165, 1.54) is 0 Å². The normalized spacial score (nSPS) is 23.2. The van der Waals surface area contributed by atoms with Crippen LogP contribution in [0.25, 0.3) is 0 Å². The van der Waals surface area contributed by atoms with Crippen LogP contribution in [0.5, 0.6) is 0 Å². The Morgan fingerprint density at radius 3 is 2.91 bits per heavy atom. The lowest BCUT2D eigenvalue weighted by Crippen LogP contribution is -2.39. The molecule has 2 saturated heterocycles. The van der Waals surface area contributed by atoms with E-state index in [4.69, 9.17) is 14.0 Å². The fraction of sp³-hybridized carbons (Fsp3) is 0.812. The van der Waals surface area contributed by atoms with Crippen molar-refractivity contribution in [1.82, 2.24) is 15.0 Å². The second kappa shape index (κ2) is 7.88. The first-order valence-corrected chi connectivity index (χ1v) is 8.46. The number of nitrogens with zero attached hydrogens (tertiary/aromatic N) is 3. The molecule has 3 rings (SSSR count). The summed E-state index contributed by atoms with van der Waals surface area (Å²) < 4.78 is 15.9. The van der Waals surface area contributed by atoms with Crippen LogP contribution in [0.1, 0.15) is 55.7 Å². The standard InChI is InChI=1S/C16H25N3O4/c1-21-8-6-14(20)19-7-2-3-13(11-19)16-17-15(18-23-16)12-4-9-22-10-5-12/h12-13H,2-11H2,1H3. The van der Waals surface area contributed by atoms with E-state index in [-0.39, 0.29) is 11.8 Å². The zero-order chi connectivity index (χ0) is 16.1. The number of amides is 1. The van der Waals surface area contributed by atoms with Gasteiger partial charge < -0.3 is 18.9 Å². The second-order valence-electron chi connectivity index (χ2n) is 6.30. The van der Waals surface area contributed by atoms with Crippen molar-refractivity contribution in [3.8, 4) is 0 Å². The van der Waals surface area contributed by atoms with Gasteiger partial charge in [-0.25, -0.2) is 0 Å². The number of ether oxygens (including phenoxy) is 2. The summed E-state index contributed by atoms with van der Waals surface area (Å²) in [4.78, 5) is 18.7. The lowest BCUT2D eigenvalue weighted by Gasteiger charge is -2.31. The van der Waals surface area contributed by atoms with E-state index in [1.807, 2.05) is 4.90 Å². The second-order valence-corrected chi connectivity index (χ2v) is 6.30. The maximum absolute atomic E-state index is 12.2. The number of aromatic nitrogens is 2. The van der Waals surface area contributed by atoms with Gasteiger partial charge in [-0.1, -0.05) is 5.16 Å². The van der Waals surface area contributed by atoms with Crippen molar-refractivity contribution < 1.29 is 18.8 Å². The maximum atomic E-state index is 12.2. The molecule has 0 aromatic carbocycles. The highest BCUT2D eigenvalue weighted by molar-refractivity contribution is 5.76. The van der Waals surface area contributed by atoms with Gasteiger partial charge in [-0.05, 0) is 25.7 Å². The summed E-state index contributed by atoms with van der Waals surface area (Å²) in [6, 6.07) is 0. The molecule has 0 bridgehead atoms. The van der Waals surface area contributed by atoms with Crippen LogP contribution in [-0.2, 0) is 14.3 Å². The van der Waals surface area contributed by atoms with Crippen molar-refractivity contribution in [1.29, 1.82) is 0 Å². The highest BCUT2D eigenvalue weighted by atomic mass is 16.5. The quantitative estimate of drug-likeness (QED) is 0.821. The van der Waals surface area contributed by atoms with E-state index < -0.39 is 0 Å². The number of carbonyl (C=O) groups is 1. The van der Waals surface area contributed by atoms with Crippen LogP contribution in [0.15, 0.2) is 4.52 Å². The number of methoxy groups -OCH3 is 1. The van der Waals surface area contributed by atoms with E-state index >= 15 is 0 Å². The van der Waals surface area contributed by atoms with Gasteiger partial charge >= 0.3 is 0 Å². The molecule has 2 aliphatic rings. The number of hydrogen-bond donors (Lipinski definition) is 0. The third kappa shape index (κ3) is 4.09. The Balaban J connectivity index is 1.60. The van der Waals surface area contributed by atoms with Gasteiger partial charge in [-0.2, -0.15) is 4.98 Å². The van der Waals surface area contributed by atoms with Gasteiger partial charge in [0.05, 0.1) is 18.9 Å². The molecule has 0 saturated carbocycles. The van der Waals surface area contributed by atoms with Crippen LogP contribution in [0.2, 0.25) is 0 Å². The van der Waals surface area contributed by atoms with Gasteiger partial charge in [0, 0.05) is 39.3 Å². The average Bonchev–Trinajstić information content (AvgIpc) is 3.11. The Morgan fingerprint density at radius 1 is 1.30 bits per heavy atom. The van der Waals surface area contributed by atoms with E-state index in [1.54, 1.807) is 7.11 Å². The van der Waals surface area contributed by atoms with Crippen LogP contribution in [0.3, 0.4) is 0 Å². The smallest absolute Gasteiger partial charge is 0.231 e. The lowest BCUT2D eigenvalue weighted by molar-refractivity contribution is -0.133. The van der Waals surface area contributed by atoms with Gasteiger partial charge in [0.2, 0.25) is 11.8 Å². The Morgan fingerprint density at radius 2 is 2.13 bits per heavy atom. The van der Waals surface area contributed by atoms with E-state index in [0.29, 0.717) is 31.4 Å². The predicted molar refractivity (Wildman–Crippen MR) is 82.1 cm³/mol. The number of piperidine rings is 1. The van der Waals surface area contributed by atoms with Crippen LogP contribution < -0.4 is 0 Å². The zero-order valence-corrected chi connectivity index (χ0v) is 13.7. The number of carbonyl (C=O) groups excluding carboxylic acids is 1. The third-order valence-electron chi connectivity index (χ3n) is 4.69. The topological polar surface area (TPSA) is 77.7 Å². The third-order valence-corrected chi connectivity index (χ3v) is 4.69. The Bertz CT molecular complexity index is 513. The molecule has 0 spiro atoms. The molecule has 1 amide bonds. The van der Waals surface area contributed by atoms with Crippen molar-refractivity contribution in [3.05, 3.63) is 11.7 Å². The molecule has 2 fully saturated rings. The fourth-order valence-corrected chi connectivity index (χ4v) is 3.29. The first kappa shape index (κ1) is 16.4. The van der Waals surface area contributed by atoms with Crippen LogP contribution in [0.4, 0.5) is 0 Å². The molecule has 7 nitrogen and oxygen atoms in total. The largest absolute Gasteiger partial charge is 0.384 e. The van der Waals surface area contributed by atoms with Crippen molar-refractivity contribution in [2.75, 3.05) is 40.0 Å². The summed E-state index contributed by atoms with van der Waals surface area (Å²) in [6.45, 7) is 3.46. The number of hydrogen-bond acceptors (Lipinski definition) is 6. The van der Waals surface area contributed by atoms with E-state index in [2.05, 4.69) is 10.1 Å². The summed E-state index contributed by atoms with van der Waals surface area (Å²) in [7, 11) is 1.61. The molecule has 2 aliphatic heterocycles. The molecule has 0 radical (unpaired) electrons. The van der Waals surface area contributed by atoms with Crippen LogP contribution in [-0.4, -0.2) is 61.0 Å². The van der Waals surface area contributed by atoms with E-state index in [0.717, 1.165) is 51.3 Å². The fourth-order valence-electron chi connectivity index (χ4n) is 3.29. The van der Waals surface area contributed by atoms with Gasteiger partial charge in [0.25, 0.3) is 0 Å². The molecule has 1 atom stereocenters. The molecule has 7 heteroatoms. The molecule has 0 N–H and O–H groups in total. The molecule has 0 aliphatic carbocycles. The van der Waals surface area contributed by atoms with Crippen LogP contribution >= 0.6 is 0 Å². The maximum Gasteiger partial charge on any atom is 0.231 e. The first-order valence-electron chi connectivity index (χ1n) is 8.46. The van der Waals surface area contributed by atoms with Crippen molar-refractivity contribution in [2.24, 2.45) is 0 Å². The Labute approximate surface area is 136 Å². The summed E-state index contributed by atoms with van der Waals surface area (Å²) in [5.41, 5.74) is 0. The van der Waals surface area contributed by atoms with Crippen molar-refractivity contribution in [2.45, 2.75) is 43.9 Å². The molecule has 1 aromatic heterocycles. The van der Waals surface area contributed by atoms with Crippen LogP contribution in [0, 0.1) is 0 Å². The molecule has 3 heterocycles. The minimum atomic E-state index is 0.140. The summed E-state index contributed by atoms with van der Waals surface area (Å²) >= 11 is 0. The van der Waals surface area contributed by atoms with Gasteiger partial charge in [-0.15, -0.1) is 0 Å².